The molecule has 0 spiro atoms. The molecule has 4 aromatic carbocycles. The molecule has 1 amide bonds. The van der Waals surface area contributed by atoms with Gasteiger partial charge in [0, 0.05) is 11.1 Å². The van der Waals surface area contributed by atoms with Crippen LogP contribution >= 0.6 is 0 Å². The van der Waals surface area contributed by atoms with Crippen molar-refractivity contribution in [3.63, 3.8) is 0 Å². The predicted molar refractivity (Wildman–Crippen MR) is 125 cm³/mol. The number of benzene rings is 4. The summed E-state index contributed by atoms with van der Waals surface area (Å²) in [6.45, 7) is 1.94. The van der Waals surface area contributed by atoms with Crippen molar-refractivity contribution in [3.05, 3.63) is 114 Å². The fourth-order valence-electron chi connectivity index (χ4n) is 4.68. The molecule has 0 bridgehead atoms. The first-order chi connectivity index (χ1) is 15.5. The molecular weight excluding hydrogens is 398 g/mol. The second-order valence-electron chi connectivity index (χ2n) is 8.27. The lowest BCUT2D eigenvalue weighted by atomic mass is 9.79. The second kappa shape index (κ2) is 7.74. The molecule has 0 unspecified atom stereocenters. The largest absolute Gasteiger partial charge is 0.375 e. The van der Waals surface area contributed by atoms with Crippen LogP contribution in [0.5, 0.6) is 0 Å². The van der Waals surface area contributed by atoms with Gasteiger partial charge < -0.3 is 10.0 Å². The van der Waals surface area contributed by atoms with Crippen molar-refractivity contribution >= 4 is 28.2 Å². The minimum absolute atomic E-state index is 0.261. The average Bonchev–Trinajstić information content (AvgIpc) is 3.06. The van der Waals surface area contributed by atoms with E-state index >= 15 is 0 Å². The first-order valence-corrected chi connectivity index (χ1v) is 10.7. The predicted octanol–water partition coefficient (Wildman–Crippen LogP) is 5.09. The monoisotopic (exact) mass is 421 g/mol. The van der Waals surface area contributed by atoms with Gasteiger partial charge in [-0.05, 0) is 22.4 Å². The Balaban J connectivity index is 1.57. The fourth-order valence-corrected chi connectivity index (χ4v) is 4.68. The van der Waals surface area contributed by atoms with E-state index in [1.165, 1.54) is 0 Å². The van der Waals surface area contributed by atoms with Gasteiger partial charge in [0.05, 0.1) is 18.2 Å². The third-order valence-electron chi connectivity index (χ3n) is 6.46. The molecule has 1 aliphatic heterocycles. The number of hydrogen-bond donors (Lipinski definition) is 1. The number of rotatable bonds is 5. The quantitative estimate of drug-likeness (QED) is 0.457. The van der Waals surface area contributed by atoms with Crippen molar-refractivity contribution in [1.29, 1.82) is 0 Å². The number of hydrogen-bond acceptors (Lipinski definition) is 3. The molecule has 1 N–H and O–H groups in total. The number of amides is 1. The van der Waals surface area contributed by atoms with Crippen LogP contribution in [0.2, 0.25) is 0 Å². The Labute approximate surface area is 186 Å². The van der Waals surface area contributed by atoms with Crippen molar-refractivity contribution in [2.75, 3.05) is 4.90 Å². The van der Waals surface area contributed by atoms with E-state index in [-0.39, 0.29) is 5.78 Å². The molecule has 1 aliphatic rings. The smallest absolute Gasteiger partial charge is 0.264 e. The average molecular weight is 421 g/mol. The molecule has 1 heterocycles. The summed E-state index contributed by atoms with van der Waals surface area (Å²) in [6, 6.07) is 30.0. The van der Waals surface area contributed by atoms with E-state index in [0.29, 0.717) is 23.4 Å². The molecule has 2 atom stereocenters. The van der Waals surface area contributed by atoms with Crippen molar-refractivity contribution < 1.29 is 14.7 Å². The van der Waals surface area contributed by atoms with Crippen LogP contribution in [0.25, 0.3) is 10.8 Å². The molecule has 0 saturated carbocycles. The van der Waals surface area contributed by atoms with Gasteiger partial charge in [-0.2, -0.15) is 0 Å². The molecule has 4 nitrogen and oxygen atoms in total. The molecule has 0 fully saturated rings. The van der Waals surface area contributed by atoms with Gasteiger partial charge in [0.15, 0.2) is 11.4 Å². The summed E-state index contributed by atoms with van der Waals surface area (Å²) in [5.74, 6) is -1.66. The van der Waals surface area contributed by atoms with E-state index in [0.717, 1.165) is 16.3 Å². The third-order valence-corrected chi connectivity index (χ3v) is 6.46. The molecule has 4 heteroatoms. The van der Waals surface area contributed by atoms with E-state index in [9.17, 15) is 14.7 Å². The summed E-state index contributed by atoms with van der Waals surface area (Å²) in [6.07, 6.45) is 0. The zero-order valence-corrected chi connectivity index (χ0v) is 17.7. The van der Waals surface area contributed by atoms with Gasteiger partial charge in [0.25, 0.3) is 5.91 Å². The zero-order valence-electron chi connectivity index (χ0n) is 17.7. The second-order valence-corrected chi connectivity index (χ2v) is 8.27. The molecule has 0 aliphatic carbocycles. The number of nitrogens with zero attached hydrogens (tertiary/aromatic N) is 1. The highest BCUT2D eigenvalue weighted by molar-refractivity contribution is 6.11. The summed E-state index contributed by atoms with van der Waals surface area (Å²) >= 11 is 0. The zero-order chi connectivity index (χ0) is 22.3. The van der Waals surface area contributed by atoms with E-state index in [2.05, 4.69) is 0 Å². The number of ketones is 1. The minimum atomic E-state index is -1.92. The van der Waals surface area contributed by atoms with Crippen LogP contribution in [-0.4, -0.2) is 16.8 Å². The maximum atomic E-state index is 13.7. The van der Waals surface area contributed by atoms with Crippen molar-refractivity contribution in [2.45, 2.75) is 19.1 Å². The highest BCUT2D eigenvalue weighted by atomic mass is 16.3. The summed E-state index contributed by atoms with van der Waals surface area (Å²) in [4.78, 5) is 28.5. The van der Waals surface area contributed by atoms with Gasteiger partial charge in [-0.3, -0.25) is 9.59 Å². The van der Waals surface area contributed by atoms with Gasteiger partial charge in [-0.1, -0.05) is 97.9 Å². The summed E-state index contributed by atoms with van der Waals surface area (Å²) in [7, 11) is 0. The molecule has 0 aromatic heterocycles. The number of aliphatic hydroxyl groups is 1. The number of carbonyl (C=O) groups is 2. The Morgan fingerprint density at radius 1 is 0.875 bits per heavy atom. The van der Waals surface area contributed by atoms with Crippen LogP contribution in [0.15, 0.2) is 97.1 Å². The molecule has 0 radical (unpaired) electrons. The number of carbonyl (C=O) groups excluding carboxylic acids is 2. The van der Waals surface area contributed by atoms with Gasteiger partial charge in [0.1, 0.15) is 0 Å². The number of Topliss-reactive ketones (excluding diaryl/α,β-unsaturated/α-hetero) is 1. The van der Waals surface area contributed by atoms with E-state index in [1.807, 2.05) is 60.7 Å². The van der Waals surface area contributed by atoms with Crippen LogP contribution in [0.1, 0.15) is 28.4 Å². The molecule has 158 valence electrons. The van der Waals surface area contributed by atoms with Gasteiger partial charge >= 0.3 is 0 Å². The van der Waals surface area contributed by atoms with Gasteiger partial charge in [-0.15, -0.1) is 0 Å². The maximum absolute atomic E-state index is 13.7. The van der Waals surface area contributed by atoms with Gasteiger partial charge in [-0.25, -0.2) is 0 Å². The van der Waals surface area contributed by atoms with Crippen molar-refractivity contribution in [1.82, 2.24) is 0 Å². The van der Waals surface area contributed by atoms with Crippen molar-refractivity contribution in [3.8, 4) is 0 Å². The standard InChI is InChI=1S/C28H23NO3/c1-19(26(30)21-11-3-2-4-12-21)28(32)24-16-7-8-17-25(24)29(27(28)31)18-22-14-9-13-20-10-5-6-15-23(20)22/h2-17,19,32H,18H2,1H3/t19-,28+/m1/s1. The Morgan fingerprint density at radius 2 is 1.53 bits per heavy atom. The summed E-state index contributed by atoms with van der Waals surface area (Å²) in [5, 5.41) is 13.9. The van der Waals surface area contributed by atoms with Gasteiger partial charge in [0.2, 0.25) is 0 Å². The lowest BCUT2D eigenvalue weighted by Crippen LogP contribution is -2.47. The molecule has 0 saturated heterocycles. The first-order valence-electron chi connectivity index (χ1n) is 10.7. The minimum Gasteiger partial charge on any atom is -0.375 e. The molecule has 32 heavy (non-hydrogen) atoms. The molecule has 4 aromatic rings. The fraction of sp³-hybridized carbons (Fsp3) is 0.143. The van der Waals surface area contributed by atoms with Crippen LogP contribution in [0.4, 0.5) is 5.69 Å². The Morgan fingerprint density at radius 3 is 2.34 bits per heavy atom. The topological polar surface area (TPSA) is 57.6 Å². The Bertz CT molecular complexity index is 1330. The highest BCUT2D eigenvalue weighted by Gasteiger charge is 2.55. The first kappa shape index (κ1) is 20.2. The molecular formula is C28H23NO3. The van der Waals surface area contributed by atoms with Crippen LogP contribution in [0.3, 0.4) is 0 Å². The Hall–Kier alpha value is -3.76. The third kappa shape index (κ3) is 3.03. The summed E-state index contributed by atoms with van der Waals surface area (Å²) in [5.41, 5.74) is 0.653. The highest BCUT2D eigenvalue weighted by Crippen LogP contribution is 2.46. The number of anilines is 1. The van der Waals surface area contributed by atoms with E-state index in [4.69, 9.17) is 0 Å². The lowest BCUT2D eigenvalue weighted by Gasteiger charge is -2.28. The van der Waals surface area contributed by atoms with Crippen LogP contribution < -0.4 is 4.90 Å². The SMILES string of the molecule is C[C@H](C(=O)c1ccccc1)[C@@]1(O)C(=O)N(Cc2cccc3ccccc23)c2ccccc21. The van der Waals surface area contributed by atoms with Crippen molar-refractivity contribution in [2.24, 2.45) is 5.92 Å². The molecule has 5 rings (SSSR count). The number of fused-ring (bicyclic) bond motifs is 2. The number of para-hydroxylation sites is 1. The lowest BCUT2D eigenvalue weighted by molar-refractivity contribution is -0.139. The van der Waals surface area contributed by atoms with E-state index < -0.39 is 17.4 Å². The van der Waals surface area contributed by atoms with E-state index in [1.54, 1.807) is 48.2 Å². The van der Waals surface area contributed by atoms with Crippen LogP contribution in [0, 0.1) is 5.92 Å². The summed E-state index contributed by atoms with van der Waals surface area (Å²) < 4.78 is 0. The normalized spacial score (nSPS) is 18.6. The Kier molecular flexibility index (Phi) is 4.87. The van der Waals surface area contributed by atoms with Crippen LogP contribution in [-0.2, 0) is 16.9 Å². The maximum Gasteiger partial charge on any atom is 0.264 e.